The van der Waals surface area contributed by atoms with Crippen molar-refractivity contribution in [2.24, 2.45) is 0 Å². The van der Waals surface area contributed by atoms with E-state index < -0.39 is 5.54 Å². The van der Waals surface area contributed by atoms with Gasteiger partial charge in [0.05, 0.1) is 39.9 Å². The minimum absolute atomic E-state index is 0.0242. The SMILES string of the molecule is CCOc1c(C(C)n2nc(C)c3c(N)ncnc32)cc(Cl)c(C#N)c1C1CN(C(C)(C)C(=O)NC)C1. The van der Waals surface area contributed by atoms with Gasteiger partial charge in [0.15, 0.2) is 5.65 Å². The molecule has 3 heterocycles. The summed E-state index contributed by atoms with van der Waals surface area (Å²) in [5.74, 6) is 0.905. The predicted molar refractivity (Wildman–Crippen MR) is 138 cm³/mol. The fraction of sp³-hybridized carbons (Fsp3) is 0.480. The molecular weight excluding hydrogens is 480 g/mol. The molecule has 0 radical (unpaired) electrons. The smallest absolute Gasteiger partial charge is 0.239 e. The molecule has 4 rings (SSSR count). The van der Waals surface area contributed by atoms with Gasteiger partial charge in [-0.1, -0.05) is 11.6 Å². The number of hydrogen-bond acceptors (Lipinski definition) is 8. The monoisotopic (exact) mass is 510 g/mol. The maximum atomic E-state index is 12.4. The summed E-state index contributed by atoms with van der Waals surface area (Å²) in [5.41, 5.74) is 8.70. The summed E-state index contributed by atoms with van der Waals surface area (Å²) >= 11 is 6.68. The molecule has 0 saturated carbocycles. The fourth-order valence-corrected chi connectivity index (χ4v) is 5.19. The number of hydrogen-bond donors (Lipinski definition) is 2. The van der Waals surface area contributed by atoms with Gasteiger partial charge in [0, 0.05) is 37.2 Å². The van der Waals surface area contributed by atoms with Crippen molar-refractivity contribution in [3.8, 4) is 11.8 Å². The van der Waals surface area contributed by atoms with E-state index in [2.05, 4.69) is 26.3 Å². The molecule has 0 spiro atoms. The van der Waals surface area contributed by atoms with Crippen LogP contribution in [0.25, 0.3) is 11.0 Å². The third-order valence-corrected chi connectivity index (χ3v) is 7.37. The molecule has 0 aliphatic carbocycles. The lowest BCUT2D eigenvalue weighted by molar-refractivity contribution is -0.134. The van der Waals surface area contributed by atoms with Crippen molar-refractivity contribution in [1.82, 2.24) is 30.0 Å². The largest absolute Gasteiger partial charge is 0.493 e. The zero-order valence-corrected chi connectivity index (χ0v) is 22.1. The molecule has 2 aromatic heterocycles. The van der Waals surface area contributed by atoms with Crippen molar-refractivity contribution in [3.05, 3.63) is 39.8 Å². The number of rotatable bonds is 7. The number of benzene rings is 1. The van der Waals surface area contributed by atoms with Crippen molar-refractivity contribution >= 4 is 34.4 Å². The Labute approximate surface area is 215 Å². The summed E-state index contributed by atoms with van der Waals surface area (Å²) < 4.78 is 7.98. The summed E-state index contributed by atoms with van der Waals surface area (Å²) in [6.45, 7) is 11.1. The van der Waals surface area contributed by atoms with E-state index in [4.69, 9.17) is 27.2 Å². The molecule has 1 unspecified atom stereocenters. The highest BCUT2D eigenvalue weighted by Crippen LogP contribution is 2.45. The number of likely N-dealkylation sites (N-methyl/N-ethyl adjacent to an activating group) is 1. The zero-order chi connectivity index (χ0) is 26.4. The van der Waals surface area contributed by atoms with E-state index in [1.165, 1.54) is 6.33 Å². The highest BCUT2D eigenvalue weighted by molar-refractivity contribution is 6.32. The molecule has 190 valence electrons. The zero-order valence-electron chi connectivity index (χ0n) is 21.4. The van der Waals surface area contributed by atoms with Gasteiger partial charge in [-0.25, -0.2) is 14.6 Å². The van der Waals surface area contributed by atoms with Gasteiger partial charge in [0.1, 0.15) is 24.0 Å². The van der Waals surface area contributed by atoms with E-state index in [1.807, 2.05) is 34.6 Å². The quantitative estimate of drug-likeness (QED) is 0.494. The number of carbonyl (C=O) groups is 1. The maximum absolute atomic E-state index is 12.4. The standard InChI is InChI=1S/C25H31ClN8O2/c1-7-36-21-16(14(3)34-23-19(13(2)32-34)22(28)30-12-31-23)8-18(26)17(9-27)20(21)15-10-33(11-15)25(4,5)24(35)29-6/h8,12,14-15H,7,10-11H2,1-6H3,(H,29,35)(H2,28,30,31). The number of nitriles is 1. The fourth-order valence-electron chi connectivity index (χ4n) is 4.93. The highest BCUT2D eigenvalue weighted by atomic mass is 35.5. The molecule has 1 aliphatic rings. The topological polar surface area (TPSA) is 135 Å². The van der Waals surface area contributed by atoms with Crippen LogP contribution >= 0.6 is 11.6 Å². The molecule has 11 heteroatoms. The Balaban J connectivity index is 1.82. The normalized spacial score (nSPS) is 15.4. The minimum atomic E-state index is -0.677. The van der Waals surface area contributed by atoms with E-state index in [9.17, 15) is 10.1 Å². The molecule has 3 aromatic rings. The lowest BCUT2D eigenvalue weighted by atomic mass is 9.82. The van der Waals surface area contributed by atoms with Gasteiger partial charge in [-0.2, -0.15) is 10.4 Å². The Hall–Kier alpha value is -3.42. The second kappa shape index (κ2) is 9.56. The molecule has 1 atom stereocenters. The van der Waals surface area contributed by atoms with Crippen molar-refractivity contribution in [2.45, 2.75) is 52.1 Å². The summed E-state index contributed by atoms with van der Waals surface area (Å²) in [7, 11) is 1.63. The number of nitrogens with zero attached hydrogens (tertiary/aromatic N) is 6. The lowest BCUT2D eigenvalue weighted by Gasteiger charge is -2.48. The van der Waals surface area contributed by atoms with Gasteiger partial charge in [0.2, 0.25) is 5.91 Å². The number of nitrogens with one attached hydrogen (secondary N) is 1. The molecule has 36 heavy (non-hydrogen) atoms. The molecule has 1 amide bonds. The third kappa shape index (κ3) is 4.02. The second-order valence-corrected chi connectivity index (χ2v) is 9.92. The first-order chi connectivity index (χ1) is 17.1. The molecule has 1 saturated heterocycles. The number of carbonyl (C=O) groups excluding carboxylic acids is 1. The number of nitrogen functional groups attached to an aromatic ring is 1. The van der Waals surface area contributed by atoms with E-state index in [0.29, 0.717) is 52.9 Å². The Morgan fingerprint density at radius 2 is 2.11 bits per heavy atom. The molecule has 1 aromatic carbocycles. The average Bonchev–Trinajstić information content (AvgIpc) is 3.16. The van der Waals surface area contributed by atoms with Crippen LogP contribution in [0.3, 0.4) is 0 Å². The highest BCUT2D eigenvalue weighted by Gasteiger charge is 2.44. The van der Waals surface area contributed by atoms with Gasteiger partial charge >= 0.3 is 0 Å². The Kier molecular flexibility index (Phi) is 6.82. The molecular formula is C25H31ClN8O2. The maximum Gasteiger partial charge on any atom is 0.239 e. The predicted octanol–water partition coefficient (Wildman–Crippen LogP) is 3.17. The van der Waals surface area contributed by atoms with Crippen LogP contribution in [-0.2, 0) is 4.79 Å². The first kappa shape index (κ1) is 25.7. The van der Waals surface area contributed by atoms with Gasteiger partial charge in [-0.3, -0.25) is 9.69 Å². The number of halogens is 1. The first-order valence-corrected chi connectivity index (χ1v) is 12.3. The summed E-state index contributed by atoms with van der Waals surface area (Å²) in [6, 6.07) is 3.73. The molecule has 0 bridgehead atoms. The van der Waals surface area contributed by atoms with Crippen molar-refractivity contribution in [2.75, 3.05) is 32.5 Å². The van der Waals surface area contributed by atoms with Crippen LogP contribution in [0, 0.1) is 18.3 Å². The Morgan fingerprint density at radius 1 is 1.42 bits per heavy atom. The number of fused-ring (bicyclic) bond motifs is 1. The third-order valence-electron chi connectivity index (χ3n) is 7.07. The Bertz CT molecular complexity index is 1370. The van der Waals surface area contributed by atoms with Gasteiger partial charge < -0.3 is 15.8 Å². The molecule has 1 aliphatic heterocycles. The average molecular weight is 511 g/mol. The number of likely N-dealkylation sites (tertiary alicyclic amines) is 1. The van der Waals surface area contributed by atoms with E-state index >= 15 is 0 Å². The second-order valence-electron chi connectivity index (χ2n) is 9.51. The van der Waals surface area contributed by atoms with E-state index in [-0.39, 0.29) is 17.9 Å². The number of anilines is 1. The van der Waals surface area contributed by atoms with Crippen LogP contribution in [0.2, 0.25) is 5.02 Å². The van der Waals surface area contributed by atoms with Crippen LogP contribution < -0.4 is 15.8 Å². The van der Waals surface area contributed by atoms with Gasteiger partial charge in [0.25, 0.3) is 0 Å². The van der Waals surface area contributed by atoms with E-state index in [0.717, 1.165) is 16.8 Å². The number of nitrogens with two attached hydrogens (primary N) is 1. The lowest BCUT2D eigenvalue weighted by Crippen LogP contribution is -2.62. The minimum Gasteiger partial charge on any atom is -0.493 e. The summed E-state index contributed by atoms with van der Waals surface area (Å²) in [4.78, 5) is 23.0. The van der Waals surface area contributed by atoms with Crippen LogP contribution in [0.4, 0.5) is 5.82 Å². The first-order valence-electron chi connectivity index (χ1n) is 11.9. The van der Waals surface area contributed by atoms with Crippen molar-refractivity contribution in [1.29, 1.82) is 5.26 Å². The number of aryl methyl sites for hydroxylation is 1. The molecule has 1 fully saturated rings. The number of aromatic nitrogens is 4. The summed E-state index contributed by atoms with van der Waals surface area (Å²) in [6.07, 6.45) is 1.42. The van der Waals surface area contributed by atoms with Crippen LogP contribution in [0.1, 0.15) is 62.0 Å². The van der Waals surface area contributed by atoms with Crippen LogP contribution in [0.5, 0.6) is 5.75 Å². The van der Waals surface area contributed by atoms with E-state index in [1.54, 1.807) is 17.8 Å². The van der Waals surface area contributed by atoms with Crippen LogP contribution in [-0.4, -0.2) is 62.8 Å². The van der Waals surface area contributed by atoms with Crippen molar-refractivity contribution < 1.29 is 9.53 Å². The van der Waals surface area contributed by atoms with Crippen molar-refractivity contribution in [3.63, 3.8) is 0 Å². The number of ether oxygens (including phenoxy) is 1. The molecule has 10 nitrogen and oxygen atoms in total. The Morgan fingerprint density at radius 3 is 2.72 bits per heavy atom. The summed E-state index contributed by atoms with van der Waals surface area (Å²) in [5, 5.41) is 18.5. The number of amides is 1. The molecule has 3 N–H and O–H groups in total. The van der Waals surface area contributed by atoms with Crippen LogP contribution in [0.15, 0.2) is 12.4 Å². The van der Waals surface area contributed by atoms with Gasteiger partial charge in [-0.05, 0) is 40.7 Å². The van der Waals surface area contributed by atoms with Gasteiger partial charge in [-0.15, -0.1) is 0 Å².